The van der Waals surface area contributed by atoms with Crippen LogP contribution in [-0.2, 0) is 4.79 Å². The summed E-state index contributed by atoms with van der Waals surface area (Å²) in [6, 6.07) is 0.0526. The Morgan fingerprint density at radius 2 is 2.07 bits per heavy atom. The van der Waals surface area contributed by atoms with Crippen molar-refractivity contribution in [2.45, 2.75) is 39.7 Å². The molecule has 3 nitrogen and oxygen atoms in total. The SMILES string of the molecule is CSCCC(=O)NC(CCO)C(C)(C)C. The monoisotopic (exact) mass is 233 g/mol. The number of aliphatic hydroxyl groups is 1. The van der Waals surface area contributed by atoms with E-state index in [1.165, 1.54) is 0 Å². The van der Waals surface area contributed by atoms with E-state index in [-0.39, 0.29) is 24.0 Å². The van der Waals surface area contributed by atoms with Crippen molar-refractivity contribution in [2.75, 3.05) is 18.6 Å². The Labute approximate surface area is 97.0 Å². The first-order chi connectivity index (χ1) is 6.91. The molecule has 1 atom stereocenters. The van der Waals surface area contributed by atoms with Crippen molar-refractivity contribution in [3.05, 3.63) is 0 Å². The standard InChI is InChI=1S/C11H23NO2S/c1-11(2,3)9(5-7-13)12-10(14)6-8-15-4/h9,13H,5-8H2,1-4H3,(H,12,14). The summed E-state index contributed by atoms with van der Waals surface area (Å²) in [6.45, 7) is 6.33. The maximum absolute atomic E-state index is 11.5. The zero-order valence-electron chi connectivity index (χ0n) is 10.2. The molecule has 90 valence electrons. The number of rotatable bonds is 6. The highest BCUT2D eigenvalue weighted by Crippen LogP contribution is 2.21. The predicted molar refractivity (Wildman–Crippen MR) is 66.1 cm³/mol. The van der Waals surface area contributed by atoms with Crippen LogP contribution in [-0.4, -0.2) is 35.7 Å². The van der Waals surface area contributed by atoms with Gasteiger partial charge in [-0.25, -0.2) is 0 Å². The van der Waals surface area contributed by atoms with Crippen LogP contribution in [0.2, 0.25) is 0 Å². The topological polar surface area (TPSA) is 49.3 Å². The average molecular weight is 233 g/mol. The molecule has 2 N–H and O–H groups in total. The summed E-state index contributed by atoms with van der Waals surface area (Å²) >= 11 is 1.67. The molecule has 0 aliphatic carbocycles. The lowest BCUT2D eigenvalue weighted by Crippen LogP contribution is -2.44. The van der Waals surface area contributed by atoms with E-state index in [4.69, 9.17) is 5.11 Å². The minimum atomic E-state index is -0.00223. The van der Waals surface area contributed by atoms with E-state index in [0.29, 0.717) is 12.8 Å². The molecule has 0 fully saturated rings. The van der Waals surface area contributed by atoms with Gasteiger partial charge in [0.2, 0.25) is 5.91 Å². The van der Waals surface area contributed by atoms with Gasteiger partial charge in [-0.2, -0.15) is 11.8 Å². The molecule has 0 bridgehead atoms. The van der Waals surface area contributed by atoms with Gasteiger partial charge in [-0.3, -0.25) is 4.79 Å². The zero-order chi connectivity index (χ0) is 11.9. The minimum Gasteiger partial charge on any atom is -0.396 e. The average Bonchev–Trinajstić information content (AvgIpc) is 2.12. The second-order valence-electron chi connectivity index (χ2n) is 4.74. The van der Waals surface area contributed by atoms with Gasteiger partial charge in [-0.05, 0) is 18.1 Å². The van der Waals surface area contributed by atoms with E-state index in [1.807, 2.05) is 6.26 Å². The Morgan fingerprint density at radius 3 is 2.47 bits per heavy atom. The first-order valence-corrected chi connectivity index (χ1v) is 6.70. The number of carbonyl (C=O) groups is 1. The molecular formula is C11H23NO2S. The summed E-state index contributed by atoms with van der Waals surface area (Å²) in [5, 5.41) is 11.9. The Balaban J connectivity index is 4.11. The quantitative estimate of drug-likeness (QED) is 0.733. The minimum absolute atomic E-state index is 0.00223. The van der Waals surface area contributed by atoms with Gasteiger partial charge in [0.1, 0.15) is 0 Å². The van der Waals surface area contributed by atoms with Gasteiger partial charge in [0.05, 0.1) is 0 Å². The van der Waals surface area contributed by atoms with E-state index in [9.17, 15) is 4.79 Å². The summed E-state index contributed by atoms with van der Waals surface area (Å²) < 4.78 is 0. The summed E-state index contributed by atoms with van der Waals surface area (Å²) in [5.74, 6) is 0.930. The third-order valence-electron chi connectivity index (χ3n) is 2.33. The van der Waals surface area contributed by atoms with Crippen molar-refractivity contribution >= 4 is 17.7 Å². The van der Waals surface area contributed by atoms with Gasteiger partial charge >= 0.3 is 0 Å². The number of aliphatic hydroxyl groups excluding tert-OH is 1. The zero-order valence-corrected chi connectivity index (χ0v) is 11.0. The van der Waals surface area contributed by atoms with Crippen molar-refractivity contribution in [2.24, 2.45) is 5.41 Å². The van der Waals surface area contributed by atoms with E-state index >= 15 is 0 Å². The summed E-state index contributed by atoms with van der Waals surface area (Å²) in [4.78, 5) is 11.5. The van der Waals surface area contributed by atoms with Crippen LogP contribution in [0.4, 0.5) is 0 Å². The van der Waals surface area contributed by atoms with Crippen molar-refractivity contribution in [3.8, 4) is 0 Å². The smallest absolute Gasteiger partial charge is 0.221 e. The number of amides is 1. The van der Waals surface area contributed by atoms with Gasteiger partial charge in [0, 0.05) is 24.8 Å². The third-order valence-corrected chi connectivity index (χ3v) is 2.94. The predicted octanol–water partition coefficient (Wildman–Crippen LogP) is 1.65. The van der Waals surface area contributed by atoms with Gasteiger partial charge in [-0.1, -0.05) is 20.8 Å². The highest BCUT2D eigenvalue weighted by Gasteiger charge is 2.25. The second-order valence-corrected chi connectivity index (χ2v) is 5.73. The van der Waals surface area contributed by atoms with Gasteiger partial charge < -0.3 is 10.4 Å². The fourth-order valence-electron chi connectivity index (χ4n) is 1.31. The first kappa shape index (κ1) is 14.8. The molecule has 0 spiro atoms. The number of thioether (sulfide) groups is 1. The van der Waals surface area contributed by atoms with Crippen molar-refractivity contribution in [3.63, 3.8) is 0 Å². The molecule has 0 saturated heterocycles. The molecule has 0 aromatic rings. The number of carbonyl (C=O) groups excluding carboxylic acids is 1. The normalized spacial score (nSPS) is 13.7. The maximum Gasteiger partial charge on any atom is 0.221 e. The molecular weight excluding hydrogens is 210 g/mol. The Bertz CT molecular complexity index is 190. The van der Waals surface area contributed by atoms with Crippen LogP contribution in [0.15, 0.2) is 0 Å². The van der Waals surface area contributed by atoms with Gasteiger partial charge in [0.25, 0.3) is 0 Å². The largest absolute Gasteiger partial charge is 0.396 e. The Kier molecular flexibility index (Phi) is 7.02. The van der Waals surface area contributed by atoms with Crippen molar-refractivity contribution in [1.82, 2.24) is 5.32 Å². The highest BCUT2D eigenvalue weighted by atomic mass is 32.2. The molecule has 1 unspecified atom stereocenters. The van der Waals surface area contributed by atoms with Crippen LogP contribution in [0.5, 0.6) is 0 Å². The second kappa shape index (κ2) is 7.12. The summed E-state index contributed by atoms with van der Waals surface area (Å²) in [6.07, 6.45) is 3.16. The van der Waals surface area contributed by atoms with Gasteiger partial charge in [-0.15, -0.1) is 0 Å². The first-order valence-electron chi connectivity index (χ1n) is 5.31. The molecule has 15 heavy (non-hydrogen) atoms. The summed E-state index contributed by atoms with van der Waals surface area (Å²) in [5.41, 5.74) is -0.00223. The highest BCUT2D eigenvalue weighted by molar-refractivity contribution is 7.98. The maximum atomic E-state index is 11.5. The Morgan fingerprint density at radius 1 is 1.47 bits per heavy atom. The molecule has 0 radical (unpaired) electrons. The molecule has 4 heteroatoms. The fourth-order valence-corrected chi connectivity index (χ4v) is 1.70. The van der Waals surface area contributed by atoms with Crippen LogP contribution in [0, 0.1) is 5.41 Å². The van der Waals surface area contributed by atoms with Crippen molar-refractivity contribution < 1.29 is 9.90 Å². The molecule has 0 rings (SSSR count). The third kappa shape index (κ3) is 6.79. The van der Waals surface area contributed by atoms with E-state index in [2.05, 4.69) is 26.1 Å². The molecule has 0 aliphatic heterocycles. The molecule has 0 heterocycles. The number of nitrogens with one attached hydrogen (secondary N) is 1. The molecule has 0 aromatic heterocycles. The van der Waals surface area contributed by atoms with E-state index in [0.717, 1.165) is 5.75 Å². The van der Waals surface area contributed by atoms with E-state index in [1.54, 1.807) is 11.8 Å². The lowest BCUT2D eigenvalue weighted by molar-refractivity contribution is -0.122. The molecule has 0 aliphatic rings. The number of hydrogen-bond acceptors (Lipinski definition) is 3. The fraction of sp³-hybridized carbons (Fsp3) is 0.909. The van der Waals surface area contributed by atoms with E-state index < -0.39 is 0 Å². The number of hydrogen-bond donors (Lipinski definition) is 2. The molecule has 0 saturated carbocycles. The van der Waals surface area contributed by atoms with Crippen LogP contribution < -0.4 is 5.32 Å². The van der Waals surface area contributed by atoms with Gasteiger partial charge in [0.15, 0.2) is 0 Å². The van der Waals surface area contributed by atoms with Crippen LogP contribution >= 0.6 is 11.8 Å². The molecule has 0 aromatic carbocycles. The summed E-state index contributed by atoms with van der Waals surface area (Å²) in [7, 11) is 0. The van der Waals surface area contributed by atoms with Crippen LogP contribution in [0.1, 0.15) is 33.6 Å². The van der Waals surface area contributed by atoms with Crippen molar-refractivity contribution in [1.29, 1.82) is 0 Å². The van der Waals surface area contributed by atoms with Crippen LogP contribution in [0.25, 0.3) is 0 Å². The molecule has 1 amide bonds. The Hall–Kier alpha value is -0.220. The lowest BCUT2D eigenvalue weighted by Gasteiger charge is -2.31. The lowest BCUT2D eigenvalue weighted by atomic mass is 9.85. The van der Waals surface area contributed by atoms with Crippen LogP contribution in [0.3, 0.4) is 0 Å².